The van der Waals surface area contributed by atoms with Crippen LogP contribution in [-0.4, -0.2) is 32.2 Å². The quantitative estimate of drug-likeness (QED) is 0.429. The van der Waals surface area contributed by atoms with Gasteiger partial charge in [-0.1, -0.05) is 0 Å². The lowest BCUT2D eigenvalue weighted by Gasteiger charge is -2.43. The second-order valence-corrected chi connectivity index (χ2v) is 7.85. The molecule has 2 atom stereocenters. The average molecular weight is 385 g/mol. The minimum Gasteiger partial charge on any atom is -0.413 e. The molecule has 2 unspecified atom stereocenters. The van der Waals surface area contributed by atoms with Crippen molar-refractivity contribution >= 4 is 44.1 Å². The number of ether oxygens (including phenoxy) is 1. The van der Waals surface area contributed by atoms with Gasteiger partial charge in [-0.25, -0.2) is 0 Å². The van der Waals surface area contributed by atoms with Gasteiger partial charge in [0.05, 0.1) is 0 Å². The fourth-order valence-electron chi connectivity index (χ4n) is 2.50. The molecular weight excluding hydrogens is 368 g/mol. The third-order valence-electron chi connectivity index (χ3n) is 3.62. The van der Waals surface area contributed by atoms with Crippen LogP contribution in [0.25, 0.3) is 0 Å². The van der Waals surface area contributed by atoms with Gasteiger partial charge in [-0.2, -0.15) is 4.79 Å². The van der Waals surface area contributed by atoms with E-state index in [1.165, 1.54) is 0 Å². The van der Waals surface area contributed by atoms with Crippen molar-refractivity contribution in [3.8, 4) is 0 Å². The number of rotatable bonds is 1. The molecule has 0 aliphatic carbocycles. The minimum absolute atomic E-state index is 0.0446. The molecule has 2 fully saturated rings. The van der Waals surface area contributed by atoms with Crippen molar-refractivity contribution in [1.82, 2.24) is 5.32 Å². The molecular formula is C11H17Br2N2O3+. The molecule has 0 aromatic rings. The molecule has 2 rings (SSSR count). The van der Waals surface area contributed by atoms with E-state index in [0.29, 0.717) is 19.4 Å². The van der Waals surface area contributed by atoms with Crippen molar-refractivity contribution < 1.29 is 17.8 Å². The number of amides is 2. The average Bonchev–Trinajstić information content (AvgIpc) is 2.43. The molecule has 2 aliphatic rings. The van der Waals surface area contributed by atoms with Gasteiger partial charge in [-0.15, -0.1) is 3.51 Å². The molecule has 7 heteroatoms. The van der Waals surface area contributed by atoms with Crippen LogP contribution in [0.5, 0.6) is 0 Å². The van der Waals surface area contributed by atoms with Crippen LogP contribution >= 0.6 is 32.1 Å². The second-order valence-electron chi connectivity index (χ2n) is 5.47. The summed E-state index contributed by atoms with van der Waals surface area (Å²) in [4.78, 5) is 23.9. The summed E-state index contributed by atoms with van der Waals surface area (Å²) in [6, 6.07) is 0. The van der Waals surface area contributed by atoms with E-state index >= 15 is 0 Å². The van der Waals surface area contributed by atoms with Crippen molar-refractivity contribution in [3.63, 3.8) is 0 Å². The monoisotopic (exact) mass is 383 g/mol. The lowest BCUT2D eigenvalue weighted by molar-refractivity contribution is -0.782. The first-order valence-electron chi connectivity index (χ1n) is 5.99. The maximum absolute atomic E-state index is 12.2. The predicted octanol–water partition coefficient (Wildman–Crippen LogP) is 2.78. The molecule has 0 bridgehead atoms. The maximum atomic E-state index is 12.2. The van der Waals surface area contributed by atoms with Crippen molar-refractivity contribution in [2.75, 3.05) is 6.61 Å². The van der Waals surface area contributed by atoms with Crippen LogP contribution in [0.4, 0.5) is 4.79 Å². The zero-order valence-corrected chi connectivity index (χ0v) is 13.6. The van der Waals surface area contributed by atoms with Crippen LogP contribution in [0.3, 0.4) is 0 Å². The van der Waals surface area contributed by atoms with Crippen LogP contribution in [-0.2, 0) is 9.53 Å². The van der Waals surface area contributed by atoms with Gasteiger partial charge in [-0.05, 0) is 26.7 Å². The molecule has 0 radical (unpaired) electrons. The first kappa shape index (κ1) is 14.3. The topological polar surface area (TPSA) is 55.4 Å². The number of nitrogens with one attached hydrogen (secondary N) is 1. The summed E-state index contributed by atoms with van der Waals surface area (Å²) in [7, 11) is 0. The first-order valence-corrected chi connectivity index (χ1v) is 7.49. The largest absolute Gasteiger partial charge is 0.530 e. The number of quaternary nitrogens is 1. The summed E-state index contributed by atoms with van der Waals surface area (Å²) in [5.74, 6) is -0.0446. The Hall–Kier alpha value is -0.140. The first-order chi connectivity index (χ1) is 8.23. The number of carbonyl (C=O) groups excluding carboxylic acids is 2. The summed E-state index contributed by atoms with van der Waals surface area (Å²) in [6.07, 6.45) is 2.50. The summed E-state index contributed by atoms with van der Waals surface area (Å²) in [5.41, 5.74) is -0.460. The molecule has 0 aromatic carbocycles. The van der Waals surface area contributed by atoms with E-state index in [1.807, 2.05) is 13.8 Å². The highest BCUT2D eigenvalue weighted by molar-refractivity contribution is 9.10. The van der Waals surface area contributed by atoms with Gasteiger partial charge in [0.2, 0.25) is 22.1 Å². The minimum atomic E-state index is -0.850. The Labute approximate surface area is 123 Å². The molecule has 102 valence electrons. The SMILES string of the molecule is CC1(C)COC(=O)[N+]1(Br)C1(Br)CCCCC(=O)N1. The van der Waals surface area contributed by atoms with E-state index in [9.17, 15) is 9.59 Å². The lowest BCUT2D eigenvalue weighted by atomic mass is 10.0. The van der Waals surface area contributed by atoms with Gasteiger partial charge >= 0.3 is 6.09 Å². The molecule has 2 heterocycles. The van der Waals surface area contributed by atoms with E-state index in [0.717, 1.165) is 12.8 Å². The van der Waals surface area contributed by atoms with Gasteiger partial charge in [0.1, 0.15) is 0 Å². The number of halogens is 2. The van der Waals surface area contributed by atoms with E-state index in [2.05, 4.69) is 37.4 Å². The van der Waals surface area contributed by atoms with Crippen LogP contribution in [0.2, 0.25) is 0 Å². The summed E-state index contributed by atoms with van der Waals surface area (Å²) in [5, 5.41) is 2.93. The van der Waals surface area contributed by atoms with E-state index in [4.69, 9.17) is 4.74 Å². The molecule has 18 heavy (non-hydrogen) atoms. The lowest BCUT2D eigenvalue weighted by Crippen LogP contribution is -2.69. The summed E-state index contributed by atoms with van der Waals surface area (Å²) >= 11 is 7.09. The molecule has 5 nitrogen and oxygen atoms in total. The van der Waals surface area contributed by atoms with Gasteiger partial charge in [-0.3, -0.25) is 10.1 Å². The Morgan fingerprint density at radius 2 is 2.00 bits per heavy atom. The van der Waals surface area contributed by atoms with E-state index in [1.54, 1.807) is 0 Å². The Morgan fingerprint density at radius 3 is 2.56 bits per heavy atom. The second kappa shape index (κ2) is 4.45. The predicted molar refractivity (Wildman–Crippen MR) is 72.9 cm³/mol. The Bertz CT molecular complexity index is 402. The van der Waals surface area contributed by atoms with Crippen LogP contribution in [0.1, 0.15) is 39.5 Å². The fraction of sp³-hybridized carbons (Fsp3) is 0.818. The van der Waals surface area contributed by atoms with Crippen LogP contribution < -0.4 is 5.32 Å². The summed E-state index contributed by atoms with van der Waals surface area (Å²) < 4.78 is 4.18. The smallest absolute Gasteiger partial charge is 0.413 e. The Morgan fingerprint density at radius 1 is 1.33 bits per heavy atom. The maximum Gasteiger partial charge on any atom is 0.530 e. The highest BCUT2D eigenvalue weighted by atomic mass is 79.9. The van der Waals surface area contributed by atoms with Gasteiger partial charge in [0.25, 0.3) is 4.57 Å². The van der Waals surface area contributed by atoms with E-state index < -0.39 is 10.1 Å². The zero-order valence-electron chi connectivity index (χ0n) is 10.5. The van der Waals surface area contributed by atoms with E-state index in [-0.39, 0.29) is 15.5 Å². The third-order valence-corrected chi connectivity index (χ3v) is 7.07. The molecule has 2 aliphatic heterocycles. The fourth-order valence-corrected chi connectivity index (χ4v) is 4.10. The normalized spacial score (nSPS) is 40.0. The van der Waals surface area contributed by atoms with Gasteiger partial charge in [0.15, 0.2) is 12.1 Å². The number of nitrogens with zero attached hydrogens (tertiary/aromatic N) is 1. The number of hydrogen-bond donors (Lipinski definition) is 1. The van der Waals surface area contributed by atoms with Crippen LogP contribution in [0.15, 0.2) is 0 Å². The van der Waals surface area contributed by atoms with Crippen LogP contribution in [0, 0.1) is 0 Å². The Kier molecular flexibility index (Phi) is 3.53. The van der Waals surface area contributed by atoms with Crippen molar-refractivity contribution in [1.29, 1.82) is 0 Å². The highest BCUT2D eigenvalue weighted by Crippen LogP contribution is 2.50. The number of hydrogen-bond acceptors (Lipinski definition) is 3. The molecule has 2 saturated heterocycles. The zero-order chi connectivity index (χ0) is 13.6. The third kappa shape index (κ3) is 1.91. The number of cyclic esters (lactones) is 1. The van der Waals surface area contributed by atoms with Crippen molar-refractivity contribution in [2.45, 2.75) is 49.6 Å². The molecule has 2 amide bonds. The molecule has 0 spiro atoms. The summed E-state index contributed by atoms with van der Waals surface area (Å²) in [6.45, 7) is 4.19. The number of carbonyl (C=O) groups is 2. The highest BCUT2D eigenvalue weighted by Gasteiger charge is 2.69. The molecule has 0 aromatic heterocycles. The van der Waals surface area contributed by atoms with Crippen molar-refractivity contribution in [2.24, 2.45) is 0 Å². The number of alkyl halides is 1. The van der Waals surface area contributed by atoms with Crippen molar-refractivity contribution in [3.05, 3.63) is 0 Å². The molecule has 0 saturated carbocycles. The Balaban J connectivity index is 2.43. The standard InChI is InChI=1S/C11H16Br2N2O3/c1-10(2)7-18-9(17)15(10,13)11(12)6-4-3-5-8(16)14-11/h3-7H2,1-2H3/p+1. The van der Waals surface area contributed by atoms with Gasteiger partial charge in [0, 0.05) is 28.8 Å². The van der Waals surface area contributed by atoms with Gasteiger partial charge < -0.3 is 4.74 Å². The molecule has 1 N–H and O–H groups in total.